The van der Waals surface area contributed by atoms with Crippen LogP contribution in [-0.2, 0) is 11.2 Å². The van der Waals surface area contributed by atoms with Crippen molar-refractivity contribution >= 4 is 23.3 Å². The van der Waals surface area contributed by atoms with E-state index in [1.165, 1.54) is 0 Å². The molecule has 2 amide bonds. The first kappa shape index (κ1) is 17.4. The summed E-state index contributed by atoms with van der Waals surface area (Å²) in [6.45, 7) is 2.47. The molecule has 134 valence electrons. The van der Waals surface area contributed by atoms with Crippen LogP contribution in [0.4, 0.5) is 10.5 Å². The molecule has 0 saturated heterocycles. The minimum atomic E-state index is -0.523. The average Bonchev–Trinajstić information content (AvgIpc) is 3.06. The molecule has 0 unspecified atom stereocenters. The zero-order valence-corrected chi connectivity index (χ0v) is 14.3. The summed E-state index contributed by atoms with van der Waals surface area (Å²) in [6.07, 6.45) is 1.94. The van der Waals surface area contributed by atoms with Crippen LogP contribution in [0.5, 0.6) is 0 Å². The Kier molecular flexibility index (Phi) is 5.43. The maximum atomic E-state index is 12.2. The molecule has 0 saturated carbocycles. The van der Waals surface area contributed by atoms with Crippen molar-refractivity contribution in [1.82, 2.24) is 19.9 Å². The lowest BCUT2D eigenvalue weighted by Crippen LogP contribution is -2.26. The minimum absolute atomic E-state index is 0.193. The smallest absolute Gasteiger partial charge is 0.411 e. The van der Waals surface area contributed by atoms with E-state index >= 15 is 0 Å². The van der Waals surface area contributed by atoms with Crippen molar-refractivity contribution in [3.63, 3.8) is 0 Å². The Morgan fingerprint density at radius 1 is 1.12 bits per heavy atom. The van der Waals surface area contributed by atoms with E-state index in [4.69, 9.17) is 4.74 Å². The van der Waals surface area contributed by atoms with Crippen LogP contribution in [0, 0.1) is 0 Å². The lowest BCUT2D eigenvalue weighted by molar-refractivity contribution is 0.0954. The molecule has 2 heterocycles. The van der Waals surface area contributed by atoms with Crippen LogP contribution in [0.2, 0.25) is 0 Å². The van der Waals surface area contributed by atoms with E-state index in [9.17, 15) is 9.59 Å². The summed E-state index contributed by atoms with van der Waals surface area (Å²) >= 11 is 0. The number of nitrogens with one attached hydrogen (secondary N) is 2. The normalized spacial score (nSPS) is 10.5. The van der Waals surface area contributed by atoms with Crippen LogP contribution < -0.4 is 10.6 Å². The van der Waals surface area contributed by atoms with E-state index in [2.05, 4.69) is 20.8 Å². The zero-order valence-electron chi connectivity index (χ0n) is 14.3. The van der Waals surface area contributed by atoms with E-state index in [-0.39, 0.29) is 5.91 Å². The highest BCUT2D eigenvalue weighted by molar-refractivity contribution is 5.95. The maximum absolute atomic E-state index is 12.2. The van der Waals surface area contributed by atoms with Crippen LogP contribution in [0.25, 0.3) is 5.65 Å². The summed E-state index contributed by atoms with van der Waals surface area (Å²) in [5.74, 6) is 0.594. The molecule has 3 aromatic rings. The van der Waals surface area contributed by atoms with E-state index in [1.807, 2.05) is 28.8 Å². The molecule has 26 heavy (non-hydrogen) atoms. The number of carbonyl (C=O) groups excluding carboxylic acids is 2. The minimum Gasteiger partial charge on any atom is -0.450 e. The number of hydrogen-bond acceptors (Lipinski definition) is 5. The molecule has 8 heteroatoms. The largest absolute Gasteiger partial charge is 0.450 e. The zero-order chi connectivity index (χ0) is 18.4. The number of benzene rings is 1. The van der Waals surface area contributed by atoms with Crippen molar-refractivity contribution in [1.29, 1.82) is 0 Å². The fourth-order valence-electron chi connectivity index (χ4n) is 2.44. The Morgan fingerprint density at radius 2 is 1.92 bits per heavy atom. The molecule has 2 aromatic heterocycles. The Hall–Kier alpha value is -3.42. The van der Waals surface area contributed by atoms with Crippen molar-refractivity contribution in [3.8, 4) is 0 Å². The molecule has 2 N–H and O–H groups in total. The predicted molar refractivity (Wildman–Crippen MR) is 96.1 cm³/mol. The van der Waals surface area contributed by atoms with Gasteiger partial charge in [0.1, 0.15) is 5.82 Å². The number of amides is 2. The monoisotopic (exact) mass is 353 g/mol. The second-order valence-electron chi connectivity index (χ2n) is 5.47. The van der Waals surface area contributed by atoms with Crippen molar-refractivity contribution in [2.24, 2.45) is 0 Å². The van der Waals surface area contributed by atoms with Gasteiger partial charge < -0.3 is 10.1 Å². The lowest BCUT2D eigenvalue weighted by atomic mass is 10.2. The first-order valence-corrected chi connectivity index (χ1v) is 8.28. The highest BCUT2D eigenvalue weighted by Gasteiger charge is 2.08. The van der Waals surface area contributed by atoms with E-state index in [0.717, 1.165) is 11.5 Å². The quantitative estimate of drug-likeness (QED) is 0.708. The summed E-state index contributed by atoms with van der Waals surface area (Å²) < 4.78 is 6.69. The number of nitrogens with zero attached hydrogens (tertiary/aromatic N) is 3. The third-order valence-electron chi connectivity index (χ3n) is 3.69. The van der Waals surface area contributed by atoms with Crippen molar-refractivity contribution in [3.05, 3.63) is 60.0 Å². The first-order chi connectivity index (χ1) is 12.7. The molecule has 0 spiro atoms. The highest BCUT2D eigenvalue weighted by Crippen LogP contribution is 2.10. The van der Waals surface area contributed by atoms with Crippen LogP contribution in [0.1, 0.15) is 23.1 Å². The molecule has 0 aliphatic heterocycles. The summed E-state index contributed by atoms with van der Waals surface area (Å²) in [5, 5.41) is 13.6. The van der Waals surface area contributed by atoms with Gasteiger partial charge in [0, 0.05) is 30.4 Å². The molecule has 0 fully saturated rings. The van der Waals surface area contributed by atoms with Crippen LogP contribution in [-0.4, -0.2) is 39.8 Å². The molecular weight excluding hydrogens is 334 g/mol. The number of ether oxygens (including phenoxy) is 1. The van der Waals surface area contributed by atoms with Gasteiger partial charge >= 0.3 is 6.09 Å². The molecule has 3 rings (SSSR count). The van der Waals surface area contributed by atoms with Crippen LogP contribution in [0.15, 0.2) is 48.7 Å². The fourth-order valence-corrected chi connectivity index (χ4v) is 2.44. The van der Waals surface area contributed by atoms with Crippen molar-refractivity contribution < 1.29 is 14.3 Å². The van der Waals surface area contributed by atoms with Gasteiger partial charge in [0.2, 0.25) is 0 Å². The fraction of sp³-hybridized carbons (Fsp3) is 0.222. The number of anilines is 1. The SMILES string of the molecule is CCOC(=O)Nc1ccc(C(=O)NCCc2nnc3ccccn23)cc1. The molecule has 0 atom stereocenters. The summed E-state index contributed by atoms with van der Waals surface area (Å²) in [6, 6.07) is 12.3. The van der Waals surface area contributed by atoms with E-state index in [1.54, 1.807) is 31.2 Å². The van der Waals surface area contributed by atoms with Crippen molar-refractivity contribution in [2.75, 3.05) is 18.5 Å². The van der Waals surface area contributed by atoms with Gasteiger partial charge in [-0.05, 0) is 43.3 Å². The highest BCUT2D eigenvalue weighted by atomic mass is 16.5. The molecule has 0 aliphatic rings. The van der Waals surface area contributed by atoms with Gasteiger partial charge in [-0.1, -0.05) is 6.07 Å². The number of pyridine rings is 1. The number of carbonyl (C=O) groups is 2. The van der Waals surface area contributed by atoms with Gasteiger partial charge in [0.15, 0.2) is 5.65 Å². The number of fused-ring (bicyclic) bond motifs is 1. The Morgan fingerprint density at radius 3 is 2.69 bits per heavy atom. The predicted octanol–water partition coefficient (Wildman–Crippen LogP) is 2.27. The van der Waals surface area contributed by atoms with Gasteiger partial charge in [-0.2, -0.15) is 0 Å². The summed E-state index contributed by atoms with van der Waals surface area (Å²) in [5.41, 5.74) is 1.85. The van der Waals surface area contributed by atoms with Gasteiger partial charge in [-0.15, -0.1) is 10.2 Å². The molecule has 0 radical (unpaired) electrons. The Bertz CT molecular complexity index is 905. The summed E-state index contributed by atoms with van der Waals surface area (Å²) in [4.78, 5) is 23.6. The van der Waals surface area contributed by atoms with Gasteiger partial charge in [-0.25, -0.2) is 4.79 Å². The van der Waals surface area contributed by atoms with Crippen LogP contribution >= 0.6 is 0 Å². The van der Waals surface area contributed by atoms with E-state index < -0.39 is 6.09 Å². The average molecular weight is 353 g/mol. The lowest BCUT2D eigenvalue weighted by Gasteiger charge is -2.07. The number of hydrogen-bond donors (Lipinski definition) is 2. The topological polar surface area (TPSA) is 97.6 Å². The molecule has 0 aliphatic carbocycles. The van der Waals surface area contributed by atoms with Crippen LogP contribution in [0.3, 0.4) is 0 Å². The molecule has 1 aromatic carbocycles. The third kappa shape index (κ3) is 4.15. The second kappa shape index (κ2) is 8.11. The standard InChI is InChI=1S/C18H19N5O3/c1-2-26-18(25)20-14-8-6-13(7-9-14)17(24)19-11-10-16-22-21-15-5-3-4-12-23(15)16/h3-9,12H,2,10-11H2,1H3,(H,19,24)(H,20,25). The second-order valence-corrected chi connectivity index (χ2v) is 5.47. The number of rotatable bonds is 6. The Labute approximate surface area is 150 Å². The van der Waals surface area contributed by atoms with Gasteiger partial charge in [0.05, 0.1) is 6.61 Å². The van der Waals surface area contributed by atoms with Gasteiger partial charge in [-0.3, -0.25) is 14.5 Å². The van der Waals surface area contributed by atoms with E-state index in [0.29, 0.717) is 30.8 Å². The molecule has 0 bridgehead atoms. The third-order valence-corrected chi connectivity index (χ3v) is 3.69. The first-order valence-electron chi connectivity index (χ1n) is 8.28. The number of aromatic nitrogens is 3. The molecule has 8 nitrogen and oxygen atoms in total. The maximum Gasteiger partial charge on any atom is 0.411 e. The van der Waals surface area contributed by atoms with Gasteiger partial charge in [0.25, 0.3) is 5.91 Å². The molecular formula is C18H19N5O3. The summed E-state index contributed by atoms with van der Waals surface area (Å²) in [7, 11) is 0. The Balaban J connectivity index is 1.52. The van der Waals surface area contributed by atoms with Crippen molar-refractivity contribution in [2.45, 2.75) is 13.3 Å².